The Morgan fingerprint density at radius 3 is 2.71 bits per heavy atom. The second-order valence-electron chi connectivity index (χ2n) is 6.81. The summed E-state index contributed by atoms with van der Waals surface area (Å²) in [6.07, 6.45) is 1.90. The Morgan fingerprint density at radius 1 is 1.33 bits per heavy atom. The Bertz CT molecular complexity index is 629. The van der Waals surface area contributed by atoms with E-state index in [9.17, 15) is 9.59 Å². The Hall–Kier alpha value is -1.84. The molecule has 4 rings (SSSR count). The molecule has 21 heavy (non-hydrogen) atoms. The zero-order valence-electron chi connectivity index (χ0n) is 12.4. The third-order valence-electron chi connectivity index (χ3n) is 6.30. The first-order valence-corrected chi connectivity index (χ1v) is 7.66. The van der Waals surface area contributed by atoms with Gasteiger partial charge in [0.15, 0.2) is 0 Å². The highest BCUT2D eigenvalue weighted by molar-refractivity contribution is 5.91. The van der Waals surface area contributed by atoms with Gasteiger partial charge in [-0.3, -0.25) is 4.79 Å². The van der Waals surface area contributed by atoms with Crippen LogP contribution < -0.4 is 5.32 Å². The fourth-order valence-electron chi connectivity index (χ4n) is 5.15. The van der Waals surface area contributed by atoms with Gasteiger partial charge >= 0.3 is 6.03 Å². The van der Waals surface area contributed by atoms with Gasteiger partial charge in [0.1, 0.15) is 5.78 Å². The van der Waals surface area contributed by atoms with Crippen LogP contribution in [0, 0.1) is 11.3 Å². The Labute approximate surface area is 124 Å². The first-order chi connectivity index (χ1) is 10.0. The maximum atomic E-state index is 12.6. The van der Waals surface area contributed by atoms with E-state index in [4.69, 9.17) is 0 Å². The molecule has 3 fully saturated rings. The van der Waals surface area contributed by atoms with E-state index < -0.39 is 5.41 Å². The minimum atomic E-state index is -0.483. The standard InChI is InChI=1S/C17H20N2O2/c1-11(20)17-10-13-8-9-19(16(13,17)2)15(21)18-14(17)12-6-4-3-5-7-12/h3-7,13-14H,8-10H2,1-2H3,(H,18,21). The van der Waals surface area contributed by atoms with E-state index in [2.05, 4.69) is 12.2 Å². The van der Waals surface area contributed by atoms with Gasteiger partial charge in [0, 0.05) is 6.54 Å². The lowest BCUT2D eigenvalue weighted by Crippen LogP contribution is -2.78. The number of urea groups is 1. The number of nitrogens with one attached hydrogen (secondary N) is 1. The van der Waals surface area contributed by atoms with Crippen LogP contribution in [0.1, 0.15) is 38.3 Å². The van der Waals surface area contributed by atoms with Gasteiger partial charge in [0.2, 0.25) is 0 Å². The lowest BCUT2D eigenvalue weighted by atomic mass is 9.44. The summed E-state index contributed by atoms with van der Waals surface area (Å²) in [5.74, 6) is 0.653. The number of ketones is 1. The van der Waals surface area contributed by atoms with Gasteiger partial charge in [-0.2, -0.15) is 0 Å². The Kier molecular flexibility index (Phi) is 2.37. The molecular formula is C17H20N2O2. The molecule has 2 saturated heterocycles. The molecule has 4 heteroatoms. The third-order valence-corrected chi connectivity index (χ3v) is 6.30. The van der Waals surface area contributed by atoms with Crippen LogP contribution in [0.25, 0.3) is 0 Å². The number of Topliss-reactive ketones (excluding diaryl/α,β-unsaturated/α-hetero) is 1. The molecule has 2 aliphatic heterocycles. The van der Waals surface area contributed by atoms with Gasteiger partial charge < -0.3 is 10.2 Å². The van der Waals surface area contributed by atoms with E-state index in [0.29, 0.717) is 5.92 Å². The van der Waals surface area contributed by atoms with Crippen molar-refractivity contribution in [1.82, 2.24) is 10.2 Å². The van der Waals surface area contributed by atoms with Gasteiger partial charge in [-0.05, 0) is 38.2 Å². The molecule has 110 valence electrons. The molecule has 1 aromatic rings. The average Bonchev–Trinajstić information content (AvgIpc) is 2.77. The number of hydrogen-bond acceptors (Lipinski definition) is 2. The van der Waals surface area contributed by atoms with Crippen molar-refractivity contribution in [1.29, 1.82) is 0 Å². The second-order valence-corrected chi connectivity index (χ2v) is 6.81. The SMILES string of the molecule is CC(=O)C12CC3CCN(C(=O)NC1c1ccccc1)C32C. The van der Waals surface area contributed by atoms with Crippen LogP contribution >= 0.6 is 0 Å². The minimum absolute atomic E-state index is 0.0228. The van der Waals surface area contributed by atoms with Gasteiger partial charge in [-0.15, -0.1) is 0 Å². The van der Waals surface area contributed by atoms with Crippen molar-refractivity contribution in [3.8, 4) is 0 Å². The summed E-state index contributed by atoms with van der Waals surface area (Å²) >= 11 is 0. The monoisotopic (exact) mass is 284 g/mol. The van der Waals surface area contributed by atoms with E-state index in [1.54, 1.807) is 6.92 Å². The highest BCUT2D eigenvalue weighted by atomic mass is 16.2. The number of rotatable bonds is 2. The molecule has 0 radical (unpaired) electrons. The molecule has 1 aromatic carbocycles. The van der Waals surface area contributed by atoms with Crippen LogP contribution in [0.5, 0.6) is 0 Å². The molecule has 4 nitrogen and oxygen atoms in total. The molecule has 1 aliphatic carbocycles. The first kappa shape index (κ1) is 12.9. The molecule has 4 unspecified atom stereocenters. The normalized spacial score (nSPS) is 40.3. The van der Waals surface area contributed by atoms with Crippen LogP contribution in [0.4, 0.5) is 4.79 Å². The topological polar surface area (TPSA) is 49.4 Å². The van der Waals surface area contributed by atoms with E-state index >= 15 is 0 Å². The summed E-state index contributed by atoms with van der Waals surface area (Å²) in [6, 6.07) is 9.68. The molecule has 0 spiro atoms. The second kappa shape index (κ2) is 3.87. The van der Waals surface area contributed by atoms with E-state index in [0.717, 1.165) is 24.9 Å². The highest BCUT2D eigenvalue weighted by Crippen LogP contribution is 2.68. The summed E-state index contributed by atoms with van der Waals surface area (Å²) in [6.45, 7) is 4.57. The predicted octanol–water partition coefficient (Wildman–Crippen LogP) is 2.51. The van der Waals surface area contributed by atoms with Gasteiger partial charge in [0.05, 0.1) is 17.0 Å². The van der Waals surface area contributed by atoms with Crippen molar-refractivity contribution in [2.24, 2.45) is 11.3 Å². The largest absolute Gasteiger partial charge is 0.330 e. The van der Waals surface area contributed by atoms with Crippen LogP contribution in [0.2, 0.25) is 0 Å². The smallest absolute Gasteiger partial charge is 0.318 e. The van der Waals surface area contributed by atoms with Crippen molar-refractivity contribution in [3.63, 3.8) is 0 Å². The molecule has 2 heterocycles. The number of carbonyl (C=O) groups excluding carboxylic acids is 2. The van der Waals surface area contributed by atoms with Crippen LogP contribution in [0.3, 0.4) is 0 Å². The van der Waals surface area contributed by atoms with Gasteiger partial charge in [-0.25, -0.2) is 4.79 Å². The maximum Gasteiger partial charge on any atom is 0.318 e. The Morgan fingerprint density at radius 2 is 2.05 bits per heavy atom. The van der Waals surface area contributed by atoms with Crippen molar-refractivity contribution in [2.45, 2.75) is 38.3 Å². The summed E-state index contributed by atoms with van der Waals surface area (Å²) < 4.78 is 0. The molecule has 3 aliphatic rings. The fourth-order valence-corrected chi connectivity index (χ4v) is 5.15. The van der Waals surface area contributed by atoms with Crippen molar-refractivity contribution in [3.05, 3.63) is 35.9 Å². The highest BCUT2D eigenvalue weighted by Gasteiger charge is 2.75. The molecule has 0 aromatic heterocycles. The fraction of sp³-hybridized carbons (Fsp3) is 0.529. The first-order valence-electron chi connectivity index (χ1n) is 7.66. The van der Waals surface area contributed by atoms with Crippen molar-refractivity contribution >= 4 is 11.8 Å². The quantitative estimate of drug-likeness (QED) is 0.907. The van der Waals surface area contributed by atoms with Gasteiger partial charge in [0.25, 0.3) is 0 Å². The number of amides is 2. The third kappa shape index (κ3) is 1.27. The van der Waals surface area contributed by atoms with E-state index in [-0.39, 0.29) is 23.4 Å². The predicted molar refractivity (Wildman–Crippen MR) is 78.7 cm³/mol. The Balaban J connectivity index is 1.88. The van der Waals surface area contributed by atoms with Crippen molar-refractivity contribution in [2.75, 3.05) is 6.54 Å². The van der Waals surface area contributed by atoms with E-state index in [1.807, 2.05) is 35.2 Å². The van der Waals surface area contributed by atoms with Crippen LogP contribution in [0.15, 0.2) is 30.3 Å². The maximum absolute atomic E-state index is 12.6. The zero-order valence-corrected chi connectivity index (χ0v) is 12.4. The van der Waals surface area contributed by atoms with Crippen LogP contribution in [-0.2, 0) is 4.79 Å². The summed E-state index contributed by atoms with van der Waals surface area (Å²) in [5, 5.41) is 3.11. The average molecular weight is 284 g/mol. The van der Waals surface area contributed by atoms with E-state index in [1.165, 1.54) is 0 Å². The number of hydrogen-bond donors (Lipinski definition) is 1. The lowest BCUT2D eigenvalue weighted by molar-refractivity contribution is -0.170. The minimum Gasteiger partial charge on any atom is -0.330 e. The number of carbonyl (C=O) groups is 2. The van der Waals surface area contributed by atoms with Crippen molar-refractivity contribution < 1.29 is 9.59 Å². The lowest BCUT2D eigenvalue weighted by Gasteiger charge is -2.67. The summed E-state index contributed by atoms with van der Waals surface area (Å²) in [7, 11) is 0. The summed E-state index contributed by atoms with van der Waals surface area (Å²) in [4.78, 5) is 27.0. The molecule has 1 N–H and O–H groups in total. The van der Waals surface area contributed by atoms with Gasteiger partial charge in [-0.1, -0.05) is 30.3 Å². The zero-order chi connectivity index (χ0) is 14.8. The molecular weight excluding hydrogens is 264 g/mol. The molecule has 2 amide bonds. The number of benzene rings is 1. The number of nitrogens with zero attached hydrogens (tertiary/aromatic N) is 1. The molecule has 1 saturated carbocycles. The van der Waals surface area contributed by atoms with Crippen LogP contribution in [-0.4, -0.2) is 28.8 Å². The molecule has 0 bridgehead atoms. The summed E-state index contributed by atoms with van der Waals surface area (Å²) in [5.41, 5.74) is 0.234. The molecule has 4 atom stereocenters.